The maximum absolute atomic E-state index is 12.2. The summed E-state index contributed by atoms with van der Waals surface area (Å²) < 4.78 is 47.3. The molecule has 188 valence electrons. The predicted molar refractivity (Wildman–Crippen MR) is 134 cm³/mol. The molecule has 11 heteroatoms. The number of hydrogen-bond acceptors (Lipinski definition) is 7. The SMILES string of the molecule is C1CO1.CCCCC(CC)COC(=O)CC(C(=O)OCC(CC)CCCC)S(=O)(=O)O.[NaH].[NaH]. The van der Waals surface area contributed by atoms with Crippen LogP contribution >= 0.6 is 0 Å². The maximum atomic E-state index is 12.2. The number of epoxide rings is 1. The van der Waals surface area contributed by atoms with Crippen molar-refractivity contribution >= 4 is 81.2 Å². The molecule has 1 aliphatic rings. The van der Waals surface area contributed by atoms with Gasteiger partial charge >= 0.3 is 71.1 Å². The van der Waals surface area contributed by atoms with E-state index in [1.165, 1.54) is 0 Å². The summed E-state index contributed by atoms with van der Waals surface area (Å²) in [5.41, 5.74) is 0. The topological polar surface area (TPSA) is 119 Å². The van der Waals surface area contributed by atoms with Crippen LogP contribution in [0.15, 0.2) is 0 Å². The average molecular weight is 515 g/mol. The third-order valence-corrected chi connectivity index (χ3v) is 6.28. The van der Waals surface area contributed by atoms with Crippen molar-refractivity contribution in [2.45, 2.75) is 90.7 Å². The Morgan fingerprint density at radius 3 is 1.64 bits per heavy atom. The van der Waals surface area contributed by atoms with Gasteiger partial charge in [-0.25, -0.2) is 0 Å². The van der Waals surface area contributed by atoms with Crippen molar-refractivity contribution in [3.8, 4) is 0 Å². The van der Waals surface area contributed by atoms with E-state index in [-0.39, 0.29) is 84.2 Å². The minimum absolute atomic E-state index is 0. The molecular weight excluding hydrogens is 470 g/mol. The fraction of sp³-hybridized carbons (Fsp3) is 0.909. The molecule has 3 atom stereocenters. The molecule has 0 spiro atoms. The summed E-state index contributed by atoms with van der Waals surface area (Å²) in [6.45, 7) is 10.4. The van der Waals surface area contributed by atoms with Crippen molar-refractivity contribution in [1.29, 1.82) is 0 Å². The van der Waals surface area contributed by atoms with Crippen LogP contribution in [0.25, 0.3) is 0 Å². The second kappa shape index (κ2) is 23.2. The van der Waals surface area contributed by atoms with Gasteiger partial charge in [0.05, 0.1) is 32.8 Å². The van der Waals surface area contributed by atoms with Crippen LogP contribution in [0.5, 0.6) is 0 Å². The van der Waals surface area contributed by atoms with Gasteiger partial charge in [0.25, 0.3) is 10.1 Å². The first kappa shape index (κ1) is 38.3. The average Bonchev–Trinajstić information content (AvgIpc) is 3.60. The molecule has 0 aromatic heterocycles. The van der Waals surface area contributed by atoms with Gasteiger partial charge in [0, 0.05) is 0 Å². The van der Waals surface area contributed by atoms with Gasteiger partial charge in [-0.1, -0.05) is 66.2 Å². The van der Waals surface area contributed by atoms with E-state index in [1.807, 2.05) is 13.8 Å². The van der Waals surface area contributed by atoms with Gasteiger partial charge in [0.2, 0.25) is 0 Å². The van der Waals surface area contributed by atoms with E-state index >= 15 is 0 Å². The van der Waals surface area contributed by atoms with E-state index in [4.69, 9.17) is 9.47 Å². The summed E-state index contributed by atoms with van der Waals surface area (Å²) in [6.07, 6.45) is 6.74. The number of ether oxygens (including phenoxy) is 3. The summed E-state index contributed by atoms with van der Waals surface area (Å²) in [6, 6.07) is 0. The first-order chi connectivity index (χ1) is 14.7. The fourth-order valence-corrected chi connectivity index (χ4v) is 3.48. The molecule has 3 unspecified atom stereocenters. The van der Waals surface area contributed by atoms with Gasteiger partial charge in [-0.3, -0.25) is 14.1 Å². The first-order valence-corrected chi connectivity index (χ1v) is 13.1. The number of hydrogen-bond donors (Lipinski definition) is 1. The van der Waals surface area contributed by atoms with Gasteiger partial charge in [0.1, 0.15) is 0 Å². The molecule has 0 bridgehead atoms. The third kappa shape index (κ3) is 21.8. The number of esters is 2. The van der Waals surface area contributed by atoms with E-state index in [9.17, 15) is 22.6 Å². The van der Waals surface area contributed by atoms with Gasteiger partial charge in [-0.15, -0.1) is 0 Å². The van der Waals surface area contributed by atoms with Crippen molar-refractivity contribution in [2.24, 2.45) is 11.8 Å². The summed E-state index contributed by atoms with van der Waals surface area (Å²) in [7, 11) is -4.76. The Bertz CT molecular complexity index is 596. The van der Waals surface area contributed by atoms with Crippen molar-refractivity contribution in [3.05, 3.63) is 0 Å². The summed E-state index contributed by atoms with van der Waals surface area (Å²) in [5, 5.41) is -1.95. The Morgan fingerprint density at radius 2 is 1.30 bits per heavy atom. The van der Waals surface area contributed by atoms with Crippen molar-refractivity contribution in [1.82, 2.24) is 0 Å². The molecule has 0 aromatic rings. The van der Waals surface area contributed by atoms with E-state index in [0.29, 0.717) is 0 Å². The van der Waals surface area contributed by atoms with Crippen LogP contribution in [-0.2, 0) is 33.9 Å². The van der Waals surface area contributed by atoms with Gasteiger partial charge < -0.3 is 14.2 Å². The van der Waals surface area contributed by atoms with Crippen LogP contribution in [0.1, 0.15) is 85.5 Å². The monoisotopic (exact) mass is 514 g/mol. The van der Waals surface area contributed by atoms with Crippen molar-refractivity contribution < 1.29 is 36.8 Å². The molecule has 8 nitrogen and oxygen atoms in total. The van der Waals surface area contributed by atoms with Crippen LogP contribution in [0.2, 0.25) is 0 Å². The van der Waals surface area contributed by atoms with Crippen LogP contribution in [-0.4, -0.2) is 116 Å². The second-order valence-electron chi connectivity index (χ2n) is 7.97. The molecule has 1 aliphatic heterocycles. The second-order valence-corrected chi connectivity index (χ2v) is 9.57. The molecule has 1 N–H and O–H groups in total. The number of carbonyl (C=O) groups is 2. The molecule has 0 aliphatic carbocycles. The quantitative estimate of drug-likeness (QED) is 0.145. The standard InChI is InChI=1S/C20H38O7S.C2H4O.2Na.2H/c1-5-9-11-16(7-3)14-26-19(21)13-18(28(23,24)25)20(22)27-15-17(8-4)12-10-6-2;1-2-3-1;;;;/h16-18H,5-15H2,1-4H3,(H,23,24,25);1-2H2;;;;. The number of unbranched alkanes of at least 4 members (excludes halogenated alkanes) is 2. The van der Waals surface area contributed by atoms with E-state index in [0.717, 1.165) is 64.6 Å². The Hall–Kier alpha value is 0.810. The molecule has 0 amide bonds. The Morgan fingerprint density at radius 1 is 0.879 bits per heavy atom. The van der Waals surface area contributed by atoms with E-state index in [2.05, 4.69) is 18.6 Å². The molecular formula is C22H44Na2O8S. The Kier molecular flexibility index (Phi) is 27.0. The van der Waals surface area contributed by atoms with Crippen molar-refractivity contribution in [3.63, 3.8) is 0 Å². The van der Waals surface area contributed by atoms with Crippen LogP contribution in [0.3, 0.4) is 0 Å². The fourth-order valence-electron chi connectivity index (χ4n) is 2.82. The van der Waals surface area contributed by atoms with Gasteiger partial charge in [-0.2, -0.15) is 8.42 Å². The van der Waals surface area contributed by atoms with E-state index < -0.39 is 33.7 Å². The normalized spacial score (nSPS) is 14.8. The van der Waals surface area contributed by atoms with Crippen LogP contribution in [0, 0.1) is 11.8 Å². The van der Waals surface area contributed by atoms with Gasteiger partial charge in [0.15, 0.2) is 5.25 Å². The zero-order chi connectivity index (χ0) is 23.7. The molecule has 0 saturated carbocycles. The Labute approximate surface area is 245 Å². The van der Waals surface area contributed by atoms with Gasteiger partial charge in [-0.05, 0) is 24.7 Å². The first-order valence-electron chi connectivity index (χ1n) is 11.6. The number of carbonyl (C=O) groups excluding carboxylic acids is 2. The van der Waals surface area contributed by atoms with E-state index in [1.54, 1.807) is 0 Å². The summed E-state index contributed by atoms with van der Waals surface area (Å²) in [5.74, 6) is -1.61. The predicted octanol–water partition coefficient (Wildman–Crippen LogP) is 2.87. The third-order valence-electron chi connectivity index (χ3n) is 5.21. The zero-order valence-electron chi connectivity index (χ0n) is 19.6. The molecule has 1 saturated heterocycles. The Balaban J connectivity index is -0.00000165. The number of rotatable bonds is 16. The summed E-state index contributed by atoms with van der Waals surface area (Å²) >= 11 is 0. The minimum atomic E-state index is -4.76. The molecule has 1 fully saturated rings. The zero-order valence-corrected chi connectivity index (χ0v) is 20.5. The molecule has 0 aromatic carbocycles. The van der Waals surface area contributed by atoms with Crippen LogP contribution in [0.4, 0.5) is 0 Å². The van der Waals surface area contributed by atoms with Crippen molar-refractivity contribution in [2.75, 3.05) is 26.4 Å². The molecule has 0 radical (unpaired) electrons. The summed E-state index contributed by atoms with van der Waals surface area (Å²) in [4.78, 5) is 24.2. The molecule has 1 rings (SSSR count). The molecule has 1 heterocycles. The molecule has 33 heavy (non-hydrogen) atoms. The van der Waals surface area contributed by atoms with Crippen LogP contribution < -0.4 is 0 Å².